The number of aromatic nitrogens is 4. The molecule has 208 valence electrons. The Balaban J connectivity index is 1.44. The number of rotatable bonds is 7. The largest absolute Gasteiger partial charge is 0.322 e. The van der Waals surface area contributed by atoms with E-state index < -0.39 is 9.84 Å². The third-order valence-electron chi connectivity index (χ3n) is 7.00. The fraction of sp³-hybridized carbons (Fsp3) is 0.200. The first-order valence-electron chi connectivity index (χ1n) is 13.1. The van der Waals surface area contributed by atoms with Crippen molar-refractivity contribution in [3.8, 4) is 22.0 Å². The van der Waals surface area contributed by atoms with Crippen LogP contribution >= 0.6 is 22.9 Å². The van der Waals surface area contributed by atoms with Crippen molar-refractivity contribution in [2.75, 3.05) is 16.8 Å². The molecule has 0 spiro atoms. The van der Waals surface area contributed by atoms with Gasteiger partial charge in [0, 0.05) is 41.3 Å². The fourth-order valence-electron chi connectivity index (χ4n) is 5.13. The van der Waals surface area contributed by atoms with Crippen molar-refractivity contribution in [3.05, 3.63) is 106 Å². The molecule has 5 heterocycles. The van der Waals surface area contributed by atoms with Gasteiger partial charge in [0.15, 0.2) is 9.84 Å². The number of pyridine rings is 2. The van der Waals surface area contributed by atoms with E-state index in [1.807, 2.05) is 66.2 Å². The Labute approximate surface area is 247 Å². The van der Waals surface area contributed by atoms with Gasteiger partial charge in [-0.15, -0.1) is 11.3 Å². The lowest BCUT2D eigenvalue weighted by Crippen LogP contribution is -2.14. The van der Waals surface area contributed by atoms with Crippen molar-refractivity contribution >= 4 is 44.4 Å². The zero-order valence-electron chi connectivity index (χ0n) is 22.1. The van der Waals surface area contributed by atoms with Crippen LogP contribution < -0.4 is 5.32 Å². The number of sulfone groups is 1. The summed E-state index contributed by atoms with van der Waals surface area (Å²) < 4.78 is 27.4. The number of nitrogens with one attached hydrogen (secondary N) is 1. The number of amides is 1. The van der Waals surface area contributed by atoms with Gasteiger partial charge in [0.2, 0.25) is 0 Å². The lowest BCUT2D eigenvalue weighted by Gasteiger charge is -2.14. The number of thiophene rings is 1. The number of carbonyl (C=O) groups excluding carboxylic acids is 1. The van der Waals surface area contributed by atoms with Crippen LogP contribution in [0, 0.1) is 6.92 Å². The van der Waals surface area contributed by atoms with E-state index >= 15 is 0 Å². The number of hydrogen-bond acceptors (Lipinski definition) is 7. The first-order valence-corrected chi connectivity index (χ1v) is 16.1. The molecule has 1 N–H and O–H groups in total. The Morgan fingerprint density at radius 2 is 1.95 bits per heavy atom. The van der Waals surface area contributed by atoms with E-state index in [1.54, 1.807) is 24.5 Å². The molecule has 1 aliphatic rings. The van der Waals surface area contributed by atoms with Gasteiger partial charge in [-0.3, -0.25) is 19.4 Å². The lowest BCUT2D eigenvalue weighted by molar-refractivity contribution is 0.102. The molecule has 5 aromatic rings. The van der Waals surface area contributed by atoms with Gasteiger partial charge in [0.05, 0.1) is 38.1 Å². The van der Waals surface area contributed by atoms with E-state index in [2.05, 4.69) is 15.3 Å². The summed E-state index contributed by atoms with van der Waals surface area (Å²) in [6.45, 7) is 1.87. The van der Waals surface area contributed by atoms with Crippen LogP contribution in [0.15, 0.2) is 79.1 Å². The maximum Gasteiger partial charge on any atom is 0.255 e. The van der Waals surface area contributed by atoms with Crippen LogP contribution in [-0.4, -0.2) is 45.6 Å². The Kier molecular flexibility index (Phi) is 7.46. The van der Waals surface area contributed by atoms with Crippen molar-refractivity contribution in [3.63, 3.8) is 0 Å². The highest BCUT2D eigenvalue weighted by Gasteiger charge is 2.34. The van der Waals surface area contributed by atoms with Crippen molar-refractivity contribution < 1.29 is 13.2 Å². The van der Waals surface area contributed by atoms with Gasteiger partial charge in [0.25, 0.3) is 5.91 Å². The van der Waals surface area contributed by atoms with Gasteiger partial charge in [0.1, 0.15) is 5.69 Å². The maximum atomic E-state index is 13.1. The molecule has 0 bridgehead atoms. The molecule has 1 aromatic carbocycles. The normalized spacial score (nSPS) is 16.1. The zero-order chi connectivity index (χ0) is 28.6. The third-order valence-corrected chi connectivity index (χ3v) is 9.99. The molecule has 1 amide bonds. The SMILES string of the molecule is Cc1cc(NC(=O)c2cccc(Cc3c(-c4ccccn4)nn(C4CCS(=O)(=O)C4)c3-c3ccc(Cl)s3)c2)ccn1. The topological polar surface area (TPSA) is 107 Å². The molecule has 11 heteroatoms. The van der Waals surface area contributed by atoms with Gasteiger partial charge in [-0.25, -0.2) is 8.42 Å². The van der Waals surface area contributed by atoms with Gasteiger partial charge in [-0.1, -0.05) is 29.8 Å². The summed E-state index contributed by atoms with van der Waals surface area (Å²) in [7, 11) is -3.16. The second kappa shape index (κ2) is 11.2. The van der Waals surface area contributed by atoms with Crippen molar-refractivity contribution in [1.82, 2.24) is 19.7 Å². The molecule has 0 aliphatic carbocycles. The molecule has 1 atom stereocenters. The number of aryl methyl sites for hydroxylation is 1. The molecule has 6 rings (SSSR count). The van der Waals surface area contributed by atoms with E-state index in [9.17, 15) is 13.2 Å². The van der Waals surface area contributed by atoms with Crippen molar-refractivity contribution in [1.29, 1.82) is 0 Å². The van der Waals surface area contributed by atoms with Crippen LogP contribution in [0.25, 0.3) is 22.0 Å². The molecule has 1 saturated heterocycles. The molecule has 0 saturated carbocycles. The summed E-state index contributed by atoms with van der Waals surface area (Å²) in [4.78, 5) is 22.8. The maximum absolute atomic E-state index is 13.1. The zero-order valence-corrected chi connectivity index (χ0v) is 24.5. The van der Waals surface area contributed by atoms with E-state index in [0.29, 0.717) is 39.8 Å². The number of halogens is 1. The molecule has 8 nitrogen and oxygen atoms in total. The third kappa shape index (κ3) is 5.95. The Bertz CT molecular complexity index is 1850. The fourth-order valence-corrected chi connectivity index (χ4v) is 7.93. The highest BCUT2D eigenvalue weighted by atomic mass is 35.5. The first kappa shape index (κ1) is 27.3. The number of anilines is 1. The predicted octanol–water partition coefficient (Wildman–Crippen LogP) is 6.23. The Hall–Kier alpha value is -3.86. The summed E-state index contributed by atoms with van der Waals surface area (Å²) in [6, 6.07) is 20.2. The highest BCUT2D eigenvalue weighted by Crippen LogP contribution is 2.41. The minimum Gasteiger partial charge on any atom is -0.322 e. The molecular weight excluding hydrogens is 578 g/mol. The molecule has 0 radical (unpaired) electrons. The van der Waals surface area contributed by atoms with E-state index in [-0.39, 0.29) is 23.5 Å². The van der Waals surface area contributed by atoms with E-state index in [4.69, 9.17) is 16.7 Å². The summed E-state index contributed by atoms with van der Waals surface area (Å²) in [5.74, 6) is -0.0594. The molecule has 41 heavy (non-hydrogen) atoms. The van der Waals surface area contributed by atoms with E-state index in [0.717, 1.165) is 27.4 Å². The van der Waals surface area contributed by atoms with Crippen LogP contribution in [0.4, 0.5) is 5.69 Å². The minimum atomic E-state index is -3.16. The lowest BCUT2D eigenvalue weighted by atomic mass is 9.98. The van der Waals surface area contributed by atoms with Crippen LogP contribution in [0.1, 0.15) is 39.6 Å². The predicted molar refractivity (Wildman–Crippen MR) is 162 cm³/mol. The number of hydrogen-bond donors (Lipinski definition) is 1. The van der Waals surface area contributed by atoms with Crippen LogP contribution in [0.3, 0.4) is 0 Å². The molecule has 1 unspecified atom stereocenters. The Morgan fingerprint density at radius 1 is 1.07 bits per heavy atom. The smallest absolute Gasteiger partial charge is 0.255 e. The second-order valence-corrected chi connectivity index (χ2v) is 14.0. The van der Waals surface area contributed by atoms with Crippen molar-refractivity contribution in [2.45, 2.75) is 25.8 Å². The second-order valence-electron chi connectivity index (χ2n) is 10.0. The molecule has 1 aliphatic heterocycles. The van der Waals surface area contributed by atoms with Gasteiger partial charge in [-0.05, 0) is 67.4 Å². The summed E-state index contributed by atoms with van der Waals surface area (Å²) in [6.07, 6.45) is 4.31. The molecular formula is C30H26ClN5O3S2. The number of benzene rings is 1. The van der Waals surface area contributed by atoms with Gasteiger partial charge in [-0.2, -0.15) is 5.10 Å². The van der Waals surface area contributed by atoms with E-state index in [1.165, 1.54) is 11.3 Å². The highest BCUT2D eigenvalue weighted by molar-refractivity contribution is 7.91. The molecule has 1 fully saturated rings. The Morgan fingerprint density at radius 3 is 2.66 bits per heavy atom. The van der Waals surface area contributed by atoms with Gasteiger partial charge < -0.3 is 5.32 Å². The summed E-state index contributed by atoms with van der Waals surface area (Å²) >= 11 is 7.79. The van der Waals surface area contributed by atoms with Crippen molar-refractivity contribution in [2.24, 2.45) is 0 Å². The molecule has 4 aromatic heterocycles. The number of carbonyl (C=O) groups is 1. The summed E-state index contributed by atoms with van der Waals surface area (Å²) in [5.41, 5.74) is 6.00. The van der Waals surface area contributed by atoms with Crippen LogP contribution in [0.5, 0.6) is 0 Å². The van der Waals surface area contributed by atoms with Gasteiger partial charge >= 0.3 is 0 Å². The monoisotopic (exact) mass is 603 g/mol. The summed E-state index contributed by atoms with van der Waals surface area (Å²) in [5, 5.41) is 7.94. The quantitative estimate of drug-likeness (QED) is 0.236. The van der Waals surface area contributed by atoms with Crippen LogP contribution in [0.2, 0.25) is 4.34 Å². The number of nitrogens with zero attached hydrogens (tertiary/aromatic N) is 4. The van der Waals surface area contributed by atoms with Crippen LogP contribution in [-0.2, 0) is 16.3 Å². The average Bonchev–Trinajstić information content (AvgIpc) is 3.65. The standard InChI is InChI=1S/C30H26ClN5O3S2/c1-19-15-22(10-13-32-19)34-30(37)21-6-4-5-20(16-21)17-24-28(25-7-2-3-12-33-25)35-36(23-11-14-41(38,39)18-23)29(24)26-8-9-27(31)40-26/h2-10,12-13,15-16,23H,11,14,17-18H2,1H3,(H,32,34,37). The first-order chi connectivity index (χ1) is 19.8. The minimum absolute atomic E-state index is 0.0338. The average molecular weight is 604 g/mol.